The first-order valence-corrected chi connectivity index (χ1v) is 9.08. The minimum Gasteiger partial charge on any atom is -0.379 e. The molecule has 0 aliphatic carbocycles. The number of rotatable bonds is 5. The molecule has 5 nitrogen and oxygen atoms in total. The summed E-state index contributed by atoms with van der Waals surface area (Å²) in [6.07, 6.45) is 5.88. The molecule has 0 N–H and O–H groups in total. The van der Waals surface area contributed by atoms with E-state index in [9.17, 15) is 0 Å². The number of likely N-dealkylation sites (tertiary alicyclic amines) is 1. The van der Waals surface area contributed by atoms with Gasteiger partial charge in [-0.1, -0.05) is 20.3 Å². The maximum absolute atomic E-state index is 5.47. The minimum atomic E-state index is 0.389. The van der Waals surface area contributed by atoms with Gasteiger partial charge < -0.3 is 4.74 Å². The Morgan fingerprint density at radius 3 is 2.83 bits per heavy atom. The molecule has 3 heterocycles. The van der Waals surface area contributed by atoms with Crippen LogP contribution < -0.4 is 0 Å². The van der Waals surface area contributed by atoms with Crippen LogP contribution in [0.4, 0.5) is 0 Å². The van der Waals surface area contributed by atoms with E-state index in [1.54, 1.807) is 0 Å². The average molecular weight is 318 g/mol. The van der Waals surface area contributed by atoms with E-state index in [1.165, 1.54) is 32.4 Å². The van der Waals surface area contributed by atoms with Crippen LogP contribution in [0.5, 0.6) is 0 Å². The van der Waals surface area contributed by atoms with Crippen LogP contribution in [0.2, 0.25) is 0 Å². The highest BCUT2D eigenvalue weighted by molar-refractivity contribution is 5.05. The molecule has 3 rings (SSSR count). The molecule has 0 spiro atoms. The fourth-order valence-electron chi connectivity index (χ4n) is 3.54. The Labute approximate surface area is 140 Å². The highest BCUT2D eigenvalue weighted by atomic mass is 16.5. The van der Waals surface area contributed by atoms with E-state index in [0.717, 1.165) is 44.4 Å². The van der Waals surface area contributed by atoms with E-state index in [2.05, 4.69) is 34.7 Å². The van der Waals surface area contributed by atoms with Gasteiger partial charge in [-0.15, -0.1) is 0 Å². The molecular formula is C18H30N4O. The molecule has 2 saturated heterocycles. The third kappa shape index (κ3) is 4.72. The van der Waals surface area contributed by atoms with Gasteiger partial charge in [0.15, 0.2) is 0 Å². The molecule has 1 unspecified atom stereocenters. The van der Waals surface area contributed by atoms with E-state index in [4.69, 9.17) is 9.72 Å². The normalized spacial score (nSPS) is 24.2. The fourth-order valence-corrected chi connectivity index (χ4v) is 3.54. The first-order chi connectivity index (χ1) is 11.2. The van der Waals surface area contributed by atoms with Crippen molar-refractivity contribution in [3.8, 4) is 0 Å². The lowest BCUT2D eigenvalue weighted by Crippen LogP contribution is -2.49. The second-order valence-corrected chi connectivity index (χ2v) is 7.09. The standard InChI is InChI=1S/C18H30N4O/c1-15(2)18-19-7-6-16(20-18)13-22-8-4-3-5-17(22)14-21-9-11-23-12-10-21/h6-7,15,17H,3-5,8-14H2,1-2H3. The first kappa shape index (κ1) is 16.8. The fraction of sp³-hybridized carbons (Fsp3) is 0.778. The third-order valence-corrected chi connectivity index (χ3v) is 4.94. The van der Waals surface area contributed by atoms with Gasteiger partial charge in [-0.25, -0.2) is 9.97 Å². The van der Waals surface area contributed by atoms with Gasteiger partial charge in [-0.3, -0.25) is 9.80 Å². The molecule has 23 heavy (non-hydrogen) atoms. The van der Waals surface area contributed by atoms with Crippen LogP contribution in [-0.4, -0.2) is 65.2 Å². The third-order valence-electron chi connectivity index (χ3n) is 4.94. The lowest BCUT2D eigenvalue weighted by atomic mass is 10.0. The van der Waals surface area contributed by atoms with Crippen molar-refractivity contribution in [2.45, 2.75) is 51.6 Å². The van der Waals surface area contributed by atoms with E-state index in [-0.39, 0.29) is 0 Å². The smallest absolute Gasteiger partial charge is 0.131 e. The van der Waals surface area contributed by atoms with Crippen molar-refractivity contribution in [2.24, 2.45) is 0 Å². The SMILES string of the molecule is CC(C)c1nccc(CN2CCCCC2CN2CCOCC2)n1. The zero-order valence-corrected chi connectivity index (χ0v) is 14.6. The second-order valence-electron chi connectivity index (χ2n) is 7.09. The summed E-state index contributed by atoms with van der Waals surface area (Å²) in [7, 11) is 0. The van der Waals surface area contributed by atoms with E-state index in [0.29, 0.717) is 12.0 Å². The molecule has 2 aliphatic rings. The van der Waals surface area contributed by atoms with Gasteiger partial charge in [0, 0.05) is 44.3 Å². The number of hydrogen-bond donors (Lipinski definition) is 0. The van der Waals surface area contributed by atoms with Crippen molar-refractivity contribution in [1.82, 2.24) is 19.8 Å². The summed E-state index contributed by atoms with van der Waals surface area (Å²) >= 11 is 0. The molecule has 0 amide bonds. The summed E-state index contributed by atoms with van der Waals surface area (Å²) in [4.78, 5) is 14.3. The van der Waals surface area contributed by atoms with Crippen molar-refractivity contribution in [1.29, 1.82) is 0 Å². The molecule has 1 atom stereocenters. The van der Waals surface area contributed by atoms with Crippen molar-refractivity contribution >= 4 is 0 Å². The quantitative estimate of drug-likeness (QED) is 0.833. The molecule has 0 aromatic carbocycles. The van der Waals surface area contributed by atoms with Crippen LogP contribution in [0.25, 0.3) is 0 Å². The van der Waals surface area contributed by atoms with Crippen LogP contribution in [-0.2, 0) is 11.3 Å². The van der Waals surface area contributed by atoms with Crippen LogP contribution in [0, 0.1) is 0 Å². The van der Waals surface area contributed by atoms with Crippen molar-refractivity contribution in [2.75, 3.05) is 39.4 Å². The molecule has 1 aromatic rings. The number of nitrogens with zero attached hydrogens (tertiary/aromatic N) is 4. The van der Waals surface area contributed by atoms with E-state index < -0.39 is 0 Å². The Balaban J connectivity index is 1.62. The van der Waals surface area contributed by atoms with Crippen LogP contribution in [0.1, 0.15) is 50.5 Å². The largest absolute Gasteiger partial charge is 0.379 e. The molecule has 0 bridgehead atoms. The second kappa shape index (κ2) is 8.18. The van der Waals surface area contributed by atoms with Crippen LogP contribution in [0.15, 0.2) is 12.3 Å². The highest BCUT2D eigenvalue weighted by Crippen LogP contribution is 2.21. The Bertz CT molecular complexity index is 488. The predicted molar refractivity (Wildman–Crippen MR) is 91.4 cm³/mol. The summed E-state index contributed by atoms with van der Waals surface area (Å²) in [6.45, 7) is 11.6. The first-order valence-electron chi connectivity index (χ1n) is 9.08. The lowest BCUT2D eigenvalue weighted by Gasteiger charge is -2.39. The van der Waals surface area contributed by atoms with E-state index in [1.807, 2.05) is 6.20 Å². The molecule has 1 aromatic heterocycles. The zero-order chi connectivity index (χ0) is 16.1. The van der Waals surface area contributed by atoms with Crippen molar-refractivity contribution < 1.29 is 4.74 Å². The number of hydrogen-bond acceptors (Lipinski definition) is 5. The van der Waals surface area contributed by atoms with Gasteiger partial charge in [0.1, 0.15) is 5.82 Å². The number of ether oxygens (including phenoxy) is 1. The molecular weight excluding hydrogens is 288 g/mol. The van der Waals surface area contributed by atoms with Crippen LogP contribution in [0.3, 0.4) is 0 Å². The van der Waals surface area contributed by atoms with Gasteiger partial charge >= 0.3 is 0 Å². The highest BCUT2D eigenvalue weighted by Gasteiger charge is 2.25. The summed E-state index contributed by atoms with van der Waals surface area (Å²) in [5.41, 5.74) is 1.16. The van der Waals surface area contributed by atoms with Crippen LogP contribution >= 0.6 is 0 Å². The van der Waals surface area contributed by atoms with Crippen molar-refractivity contribution in [3.05, 3.63) is 23.8 Å². The summed E-state index contributed by atoms with van der Waals surface area (Å²) in [6, 6.07) is 2.73. The average Bonchev–Trinajstić information content (AvgIpc) is 2.58. The molecule has 2 aliphatic heterocycles. The summed E-state index contributed by atoms with van der Waals surface area (Å²) in [5, 5.41) is 0. The Morgan fingerprint density at radius 2 is 2.04 bits per heavy atom. The molecule has 128 valence electrons. The maximum atomic E-state index is 5.47. The number of aromatic nitrogens is 2. The predicted octanol–water partition coefficient (Wildman–Crippen LogP) is 2.29. The summed E-state index contributed by atoms with van der Waals surface area (Å²) < 4.78 is 5.47. The van der Waals surface area contributed by atoms with E-state index >= 15 is 0 Å². The number of morpholine rings is 1. The maximum Gasteiger partial charge on any atom is 0.131 e. The Kier molecular flexibility index (Phi) is 5.97. The summed E-state index contributed by atoms with van der Waals surface area (Å²) in [5.74, 6) is 1.35. The van der Waals surface area contributed by atoms with Gasteiger partial charge in [0.2, 0.25) is 0 Å². The van der Waals surface area contributed by atoms with Crippen molar-refractivity contribution in [3.63, 3.8) is 0 Å². The molecule has 5 heteroatoms. The zero-order valence-electron chi connectivity index (χ0n) is 14.6. The van der Waals surface area contributed by atoms with Gasteiger partial charge in [0.05, 0.1) is 18.9 Å². The lowest BCUT2D eigenvalue weighted by molar-refractivity contribution is 0.0151. The van der Waals surface area contributed by atoms with Gasteiger partial charge in [0.25, 0.3) is 0 Å². The Morgan fingerprint density at radius 1 is 1.22 bits per heavy atom. The van der Waals surface area contributed by atoms with Gasteiger partial charge in [-0.05, 0) is 25.5 Å². The number of piperidine rings is 1. The topological polar surface area (TPSA) is 41.5 Å². The minimum absolute atomic E-state index is 0.389. The molecule has 0 radical (unpaired) electrons. The van der Waals surface area contributed by atoms with Gasteiger partial charge in [-0.2, -0.15) is 0 Å². The molecule has 0 saturated carbocycles. The Hall–Kier alpha value is -1.04. The molecule has 2 fully saturated rings. The monoisotopic (exact) mass is 318 g/mol.